The number of benzene rings is 1. The molecule has 14 heavy (non-hydrogen) atoms. The van der Waals surface area contributed by atoms with E-state index >= 15 is 0 Å². The van der Waals surface area contributed by atoms with Gasteiger partial charge in [-0.3, -0.25) is 4.79 Å². The van der Waals surface area contributed by atoms with Crippen molar-refractivity contribution in [3.8, 4) is 0 Å². The Morgan fingerprint density at radius 3 is 2.36 bits per heavy atom. The van der Waals surface area contributed by atoms with Gasteiger partial charge in [0.2, 0.25) is 5.91 Å². The van der Waals surface area contributed by atoms with Crippen LogP contribution in [0, 0.1) is 5.82 Å². The maximum atomic E-state index is 12.5. The highest BCUT2D eigenvalue weighted by molar-refractivity contribution is 6.03. The average Bonchev–Trinajstić information content (AvgIpc) is 2.15. The number of nitrogens with zero attached hydrogens (tertiary/aromatic N) is 1. The van der Waals surface area contributed by atoms with Gasteiger partial charge in [-0.05, 0) is 24.3 Å². The molecule has 1 amide bonds. The van der Waals surface area contributed by atoms with Crippen LogP contribution >= 0.6 is 12.4 Å². The number of β-lactam (4-membered cyclic amide) rings is 1. The fourth-order valence-electron chi connectivity index (χ4n) is 1.31. The molecule has 0 bridgehead atoms. The Bertz CT molecular complexity index is 341. The molecule has 3 nitrogen and oxygen atoms in total. The minimum Gasteiger partial charge on any atom is -0.318 e. The summed E-state index contributed by atoms with van der Waals surface area (Å²) in [4.78, 5) is 12.7. The van der Waals surface area contributed by atoms with Gasteiger partial charge >= 0.3 is 0 Å². The summed E-state index contributed by atoms with van der Waals surface area (Å²) >= 11 is 0. The Balaban J connectivity index is 0.000000980. The summed E-state index contributed by atoms with van der Waals surface area (Å²) in [5, 5.41) is 0. The monoisotopic (exact) mass is 216 g/mol. The van der Waals surface area contributed by atoms with Gasteiger partial charge in [0.05, 0.1) is 6.54 Å². The summed E-state index contributed by atoms with van der Waals surface area (Å²) in [5.41, 5.74) is 6.12. The van der Waals surface area contributed by atoms with E-state index in [1.807, 2.05) is 0 Å². The molecule has 0 aromatic heterocycles. The molecule has 0 radical (unpaired) electrons. The van der Waals surface area contributed by atoms with E-state index in [1.54, 1.807) is 12.1 Å². The summed E-state index contributed by atoms with van der Waals surface area (Å²) in [6.07, 6.45) is 0. The molecule has 1 aromatic rings. The molecule has 1 heterocycles. The quantitative estimate of drug-likeness (QED) is 0.710. The number of rotatable bonds is 1. The standard InChI is InChI=1S/C9H9FN2O.ClH/c10-6-1-3-7(4-2-6)12-5-8(11)9(12)13;/h1-4,8H,5,11H2;1H. The van der Waals surface area contributed by atoms with Gasteiger partial charge in [-0.2, -0.15) is 0 Å². The van der Waals surface area contributed by atoms with Crippen molar-refractivity contribution in [3.63, 3.8) is 0 Å². The average molecular weight is 217 g/mol. The molecular weight excluding hydrogens is 207 g/mol. The highest BCUT2D eigenvalue weighted by atomic mass is 35.5. The lowest BCUT2D eigenvalue weighted by atomic mass is 10.1. The number of amides is 1. The smallest absolute Gasteiger partial charge is 0.245 e. The van der Waals surface area contributed by atoms with Crippen LogP contribution in [0.1, 0.15) is 0 Å². The zero-order valence-electron chi connectivity index (χ0n) is 7.31. The second kappa shape index (κ2) is 3.94. The van der Waals surface area contributed by atoms with Crippen molar-refractivity contribution in [1.29, 1.82) is 0 Å². The van der Waals surface area contributed by atoms with Gasteiger partial charge in [-0.25, -0.2) is 4.39 Å². The van der Waals surface area contributed by atoms with Gasteiger partial charge in [0.1, 0.15) is 11.9 Å². The normalized spacial score (nSPS) is 20.0. The van der Waals surface area contributed by atoms with Crippen LogP contribution in [0.15, 0.2) is 24.3 Å². The Morgan fingerprint density at radius 1 is 1.36 bits per heavy atom. The summed E-state index contributed by atoms with van der Waals surface area (Å²) in [7, 11) is 0. The molecule has 2 N–H and O–H groups in total. The number of halogens is 2. The fraction of sp³-hybridized carbons (Fsp3) is 0.222. The third-order valence-corrected chi connectivity index (χ3v) is 2.10. The molecule has 0 saturated carbocycles. The van der Waals surface area contributed by atoms with Crippen LogP contribution in [0.25, 0.3) is 0 Å². The van der Waals surface area contributed by atoms with E-state index in [-0.39, 0.29) is 30.2 Å². The van der Waals surface area contributed by atoms with E-state index in [0.29, 0.717) is 12.2 Å². The summed E-state index contributed by atoms with van der Waals surface area (Å²) in [6.45, 7) is 0.518. The number of carbonyl (C=O) groups is 1. The third-order valence-electron chi connectivity index (χ3n) is 2.10. The van der Waals surface area contributed by atoms with Crippen LogP contribution in [0.3, 0.4) is 0 Å². The van der Waals surface area contributed by atoms with Gasteiger partial charge in [0.25, 0.3) is 0 Å². The van der Waals surface area contributed by atoms with Crippen LogP contribution in [0.5, 0.6) is 0 Å². The van der Waals surface area contributed by atoms with Crippen molar-refractivity contribution < 1.29 is 9.18 Å². The lowest BCUT2D eigenvalue weighted by Crippen LogP contribution is -2.61. The molecule has 5 heteroatoms. The molecule has 1 atom stereocenters. The molecular formula is C9H10ClFN2O. The van der Waals surface area contributed by atoms with E-state index in [0.717, 1.165) is 0 Å². The number of nitrogens with two attached hydrogens (primary N) is 1. The Morgan fingerprint density at radius 2 is 1.93 bits per heavy atom. The number of carbonyl (C=O) groups excluding carboxylic acids is 1. The Kier molecular flexibility index (Phi) is 3.08. The van der Waals surface area contributed by atoms with Gasteiger partial charge in [0.15, 0.2) is 0 Å². The van der Waals surface area contributed by atoms with E-state index in [9.17, 15) is 9.18 Å². The first-order valence-corrected chi connectivity index (χ1v) is 4.01. The topological polar surface area (TPSA) is 46.3 Å². The van der Waals surface area contributed by atoms with Crippen LogP contribution in [-0.2, 0) is 4.79 Å². The third kappa shape index (κ3) is 1.71. The highest BCUT2D eigenvalue weighted by Gasteiger charge is 2.34. The molecule has 1 unspecified atom stereocenters. The van der Waals surface area contributed by atoms with Crippen molar-refractivity contribution >= 4 is 24.0 Å². The van der Waals surface area contributed by atoms with Crippen LogP contribution < -0.4 is 10.6 Å². The molecule has 0 aliphatic carbocycles. The predicted molar refractivity (Wildman–Crippen MR) is 54.0 cm³/mol. The van der Waals surface area contributed by atoms with Crippen LogP contribution in [-0.4, -0.2) is 18.5 Å². The summed E-state index contributed by atoms with van der Waals surface area (Å²) in [6, 6.07) is 5.40. The lowest BCUT2D eigenvalue weighted by Gasteiger charge is -2.36. The van der Waals surface area contributed by atoms with E-state index in [2.05, 4.69) is 0 Å². The zero-order valence-corrected chi connectivity index (χ0v) is 8.13. The van der Waals surface area contributed by atoms with Crippen molar-refractivity contribution in [2.75, 3.05) is 11.4 Å². The van der Waals surface area contributed by atoms with Gasteiger partial charge in [-0.1, -0.05) is 0 Å². The Hall–Kier alpha value is -1.13. The van der Waals surface area contributed by atoms with Crippen molar-refractivity contribution in [3.05, 3.63) is 30.1 Å². The van der Waals surface area contributed by atoms with E-state index in [4.69, 9.17) is 5.73 Å². The van der Waals surface area contributed by atoms with Crippen LogP contribution in [0.4, 0.5) is 10.1 Å². The first kappa shape index (κ1) is 10.9. The first-order chi connectivity index (χ1) is 6.18. The van der Waals surface area contributed by atoms with Crippen molar-refractivity contribution in [1.82, 2.24) is 0 Å². The second-order valence-corrected chi connectivity index (χ2v) is 3.03. The lowest BCUT2D eigenvalue weighted by molar-refractivity contribution is -0.123. The molecule has 1 aliphatic rings. The van der Waals surface area contributed by atoms with Crippen LogP contribution in [0.2, 0.25) is 0 Å². The zero-order chi connectivity index (χ0) is 9.42. The minimum atomic E-state index is -0.384. The fourth-order valence-corrected chi connectivity index (χ4v) is 1.31. The van der Waals surface area contributed by atoms with E-state index in [1.165, 1.54) is 17.0 Å². The summed E-state index contributed by atoms with van der Waals surface area (Å²) < 4.78 is 12.5. The number of hydrogen-bond acceptors (Lipinski definition) is 2. The molecule has 1 saturated heterocycles. The maximum absolute atomic E-state index is 12.5. The number of anilines is 1. The SMILES string of the molecule is Cl.NC1CN(c2ccc(F)cc2)C1=O. The minimum absolute atomic E-state index is 0. The molecule has 1 aromatic carbocycles. The molecule has 2 rings (SSSR count). The van der Waals surface area contributed by atoms with Gasteiger partial charge in [-0.15, -0.1) is 12.4 Å². The van der Waals surface area contributed by atoms with Crippen molar-refractivity contribution in [2.45, 2.75) is 6.04 Å². The second-order valence-electron chi connectivity index (χ2n) is 3.03. The molecule has 1 aliphatic heterocycles. The number of hydrogen-bond donors (Lipinski definition) is 1. The van der Waals surface area contributed by atoms with Gasteiger partial charge < -0.3 is 10.6 Å². The largest absolute Gasteiger partial charge is 0.318 e. The first-order valence-electron chi connectivity index (χ1n) is 4.01. The predicted octanol–water partition coefficient (Wildman–Crippen LogP) is 0.921. The maximum Gasteiger partial charge on any atom is 0.245 e. The molecule has 1 fully saturated rings. The molecule has 0 spiro atoms. The van der Waals surface area contributed by atoms with Gasteiger partial charge in [0, 0.05) is 5.69 Å². The Labute approximate surface area is 87.1 Å². The van der Waals surface area contributed by atoms with Crippen molar-refractivity contribution in [2.24, 2.45) is 5.73 Å². The highest BCUT2D eigenvalue weighted by Crippen LogP contribution is 2.20. The summed E-state index contributed by atoms with van der Waals surface area (Å²) in [5.74, 6) is -0.410. The van der Waals surface area contributed by atoms with E-state index < -0.39 is 0 Å². The molecule has 76 valence electrons.